The summed E-state index contributed by atoms with van der Waals surface area (Å²) in [6.07, 6.45) is 3.33. The van der Waals surface area contributed by atoms with E-state index in [2.05, 4.69) is 15.0 Å². The number of carbonyl (C=O) groups is 1. The average Bonchev–Trinajstić information content (AvgIpc) is 3.26. The highest BCUT2D eigenvalue weighted by molar-refractivity contribution is 7.98. The molecule has 0 aliphatic heterocycles. The van der Waals surface area contributed by atoms with Crippen LogP contribution in [-0.2, 0) is 12.3 Å². The molecule has 4 aromatic rings. The number of H-pyrrole nitrogens is 1. The largest absolute Gasteiger partial charge is 0.336 e. The van der Waals surface area contributed by atoms with E-state index >= 15 is 0 Å². The van der Waals surface area contributed by atoms with Crippen LogP contribution in [0.1, 0.15) is 27.2 Å². The Hall–Kier alpha value is -3.23. The Kier molecular flexibility index (Phi) is 7.29. The van der Waals surface area contributed by atoms with Crippen LogP contribution in [0.25, 0.3) is 11.3 Å². The third-order valence-electron chi connectivity index (χ3n) is 5.26. The van der Waals surface area contributed by atoms with Gasteiger partial charge in [0.25, 0.3) is 5.91 Å². The van der Waals surface area contributed by atoms with Crippen molar-refractivity contribution in [3.8, 4) is 11.3 Å². The molecular formula is C25H21ClF2N4OS. The number of rotatable bonds is 7. The number of thioether (sulfide) groups is 1. The summed E-state index contributed by atoms with van der Waals surface area (Å²) in [7, 11) is 1.69. The normalized spacial score (nSPS) is 11.0. The first-order valence-corrected chi connectivity index (χ1v) is 11.8. The Labute approximate surface area is 205 Å². The zero-order valence-corrected chi connectivity index (χ0v) is 20.1. The summed E-state index contributed by atoms with van der Waals surface area (Å²) in [4.78, 5) is 26.5. The lowest BCUT2D eigenvalue weighted by Gasteiger charge is -2.17. The van der Waals surface area contributed by atoms with Crippen LogP contribution in [0.2, 0.25) is 5.02 Å². The first-order chi connectivity index (χ1) is 16.3. The van der Waals surface area contributed by atoms with E-state index in [9.17, 15) is 13.6 Å². The monoisotopic (exact) mass is 498 g/mol. The van der Waals surface area contributed by atoms with Crippen molar-refractivity contribution >= 4 is 29.3 Å². The Morgan fingerprint density at radius 3 is 2.50 bits per heavy atom. The lowest BCUT2D eigenvalue weighted by molar-refractivity contribution is 0.0780. The minimum Gasteiger partial charge on any atom is -0.336 e. The summed E-state index contributed by atoms with van der Waals surface area (Å²) in [6, 6.07) is 12.7. The number of aryl methyl sites for hydroxylation is 1. The van der Waals surface area contributed by atoms with Gasteiger partial charge < -0.3 is 9.88 Å². The van der Waals surface area contributed by atoms with Gasteiger partial charge in [0, 0.05) is 47.9 Å². The van der Waals surface area contributed by atoms with E-state index < -0.39 is 0 Å². The molecule has 4 rings (SSSR count). The van der Waals surface area contributed by atoms with E-state index in [4.69, 9.17) is 11.6 Å². The second kappa shape index (κ2) is 10.4. The van der Waals surface area contributed by atoms with Crippen molar-refractivity contribution in [1.29, 1.82) is 0 Å². The summed E-state index contributed by atoms with van der Waals surface area (Å²) in [6.45, 7) is 2.05. The zero-order chi connectivity index (χ0) is 24.2. The highest BCUT2D eigenvalue weighted by atomic mass is 35.5. The van der Waals surface area contributed by atoms with Crippen molar-refractivity contribution in [2.75, 3.05) is 7.05 Å². The molecule has 2 aromatic carbocycles. The van der Waals surface area contributed by atoms with Crippen LogP contribution in [-0.4, -0.2) is 32.8 Å². The van der Waals surface area contributed by atoms with Crippen LogP contribution >= 0.6 is 23.4 Å². The van der Waals surface area contributed by atoms with Gasteiger partial charge in [-0.05, 0) is 60.5 Å². The second-order valence-corrected chi connectivity index (χ2v) is 9.11. The number of aromatic nitrogens is 3. The Bertz CT molecular complexity index is 1310. The number of nitrogens with zero attached hydrogens (tertiary/aromatic N) is 3. The van der Waals surface area contributed by atoms with Gasteiger partial charge in [0.1, 0.15) is 23.0 Å². The van der Waals surface area contributed by atoms with Crippen LogP contribution < -0.4 is 0 Å². The quantitative estimate of drug-likeness (QED) is 0.305. The molecular weight excluding hydrogens is 478 g/mol. The maximum absolute atomic E-state index is 14.6. The molecule has 0 spiro atoms. The minimum absolute atomic E-state index is 0.225. The Morgan fingerprint density at radius 2 is 1.79 bits per heavy atom. The average molecular weight is 499 g/mol. The van der Waals surface area contributed by atoms with Gasteiger partial charge in [0.15, 0.2) is 5.16 Å². The highest BCUT2D eigenvalue weighted by Gasteiger charge is 2.23. The predicted molar refractivity (Wildman–Crippen MR) is 130 cm³/mol. The number of hydrogen-bond donors (Lipinski definition) is 1. The van der Waals surface area contributed by atoms with Gasteiger partial charge in [-0.3, -0.25) is 9.78 Å². The first-order valence-electron chi connectivity index (χ1n) is 10.4. The van der Waals surface area contributed by atoms with Crippen molar-refractivity contribution in [1.82, 2.24) is 19.9 Å². The molecule has 0 aliphatic carbocycles. The topological polar surface area (TPSA) is 61.9 Å². The van der Waals surface area contributed by atoms with Gasteiger partial charge in [0.2, 0.25) is 0 Å². The number of pyridine rings is 1. The number of aromatic amines is 1. The third-order valence-corrected chi connectivity index (χ3v) is 6.52. The highest BCUT2D eigenvalue weighted by Crippen LogP contribution is 2.32. The molecule has 9 heteroatoms. The van der Waals surface area contributed by atoms with Crippen molar-refractivity contribution < 1.29 is 13.6 Å². The standard InChI is InChI=1S/C25H21ClF2N4OS/c1-15-3-8-20(26)19(21(15)28)14-34-25-30-22(17-4-6-18(27)7-5-17)23(31-25)24(33)32(2)13-16-9-11-29-12-10-16/h3-12H,13-14H2,1-2H3,(H,30,31). The summed E-state index contributed by atoms with van der Waals surface area (Å²) < 4.78 is 28.1. The van der Waals surface area contributed by atoms with E-state index in [1.165, 1.54) is 23.9 Å². The molecule has 0 saturated carbocycles. The number of carbonyl (C=O) groups excluding carboxylic acids is 1. The van der Waals surface area contributed by atoms with Crippen LogP contribution in [0.4, 0.5) is 8.78 Å². The summed E-state index contributed by atoms with van der Waals surface area (Å²) in [5.74, 6) is -0.807. The van der Waals surface area contributed by atoms with E-state index in [1.807, 2.05) is 12.1 Å². The summed E-state index contributed by atoms with van der Waals surface area (Å²) in [5, 5.41) is 0.756. The summed E-state index contributed by atoms with van der Waals surface area (Å²) >= 11 is 7.43. The van der Waals surface area contributed by atoms with Gasteiger partial charge in [-0.1, -0.05) is 29.4 Å². The van der Waals surface area contributed by atoms with Crippen molar-refractivity contribution in [2.24, 2.45) is 0 Å². The number of nitrogens with one attached hydrogen (secondary N) is 1. The predicted octanol–water partition coefficient (Wildman–Crippen LogP) is 6.28. The SMILES string of the molecule is Cc1ccc(Cl)c(CSc2nc(-c3ccc(F)cc3)c(C(=O)N(C)Cc3ccncc3)[nH]2)c1F. The number of hydrogen-bond acceptors (Lipinski definition) is 4. The third kappa shape index (κ3) is 5.29. The molecule has 0 fully saturated rings. The van der Waals surface area contributed by atoms with Gasteiger partial charge >= 0.3 is 0 Å². The van der Waals surface area contributed by atoms with Crippen LogP contribution in [0.3, 0.4) is 0 Å². The van der Waals surface area contributed by atoms with Crippen LogP contribution in [0.15, 0.2) is 66.1 Å². The number of benzene rings is 2. The fourth-order valence-electron chi connectivity index (χ4n) is 3.40. The molecule has 1 amide bonds. The Morgan fingerprint density at radius 1 is 1.09 bits per heavy atom. The molecule has 174 valence electrons. The second-order valence-electron chi connectivity index (χ2n) is 7.73. The molecule has 2 aromatic heterocycles. The zero-order valence-electron chi connectivity index (χ0n) is 18.5. The minimum atomic E-state index is -0.388. The fraction of sp³-hybridized carbons (Fsp3) is 0.160. The van der Waals surface area contributed by atoms with Gasteiger partial charge in [0.05, 0.1) is 0 Å². The smallest absolute Gasteiger partial charge is 0.272 e. The van der Waals surface area contributed by atoms with Gasteiger partial charge in [-0.25, -0.2) is 13.8 Å². The number of imidazole rings is 1. The lowest BCUT2D eigenvalue weighted by Crippen LogP contribution is -2.27. The van der Waals surface area contributed by atoms with E-state index in [1.54, 1.807) is 55.5 Å². The molecule has 34 heavy (non-hydrogen) atoms. The fourth-order valence-corrected chi connectivity index (χ4v) is 4.59. The van der Waals surface area contributed by atoms with Crippen molar-refractivity contribution in [2.45, 2.75) is 24.4 Å². The molecule has 0 unspecified atom stereocenters. The lowest BCUT2D eigenvalue weighted by atomic mass is 10.1. The van der Waals surface area contributed by atoms with Gasteiger partial charge in [-0.2, -0.15) is 0 Å². The summed E-state index contributed by atoms with van der Waals surface area (Å²) in [5.41, 5.74) is 3.04. The van der Waals surface area contributed by atoms with E-state index in [-0.39, 0.29) is 29.0 Å². The van der Waals surface area contributed by atoms with Crippen molar-refractivity contribution in [3.63, 3.8) is 0 Å². The molecule has 0 radical (unpaired) electrons. The first kappa shape index (κ1) is 23.9. The van der Waals surface area contributed by atoms with E-state index in [0.29, 0.717) is 39.1 Å². The molecule has 0 aliphatic rings. The molecule has 0 bridgehead atoms. The molecule has 5 nitrogen and oxygen atoms in total. The molecule has 2 heterocycles. The molecule has 1 N–H and O–H groups in total. The van der Waals surface area contributed by atoms with Gasteiger partial charge in [-0.15, -0.1) is 0 Å². The number of amides is 1. The van der Waals surface area contributed by atoms with E-state index in [0.717, 1.165) is 5.56 Å². The number of halogens is 3. The maximum Gasteiger partial charge on any atom is 0.272 e. The molecule has 0 saturated heterocycles. The van der Waals surface area contributed by atoms with Crippen LogP contribution in [0, 0.1) is 18.6 Å². The molecule has 0 atom stereocenters. The van der Waals surface area contributed by atoms with Crippen LogP contribution in [0.5, 0.6) is 0 Å². The maximum atomic E-state index is 14.6. The van der Waals surface area contributed by atoms with Crippen molar-refractivity contribution in [3.05, 3.63) is 100.0 Å². The Balaban J connectivity index is 1.64.